The fourth-order valence-electron chi connectivity index (χ4n) is 4.17. The van der Waals surface area contributed by atoms with Gasteiger partial charge in [0.15, 0.2) is 17.1 Å². The topological polar surface area (TPSA) is 85.1 Å². The number of aromatic nitrogens is 4. The van der Waals surface area contributed by atoms with E-state index in [9.17, 15) is 4.79 Å². The molecule has 1 saturated heterocycles. The van der Waals surface area contributed by atoms with E-state index in [1.54, 1.807) is 23.1 Å². The van der Waals surface area contributed by atoms with Gasteiger partial charge in [-0.25, -0.2) is 14.5 Å². The summed E-state index contributed by atoms with van der Waals surface area (Å²) in [5, 5.41) is 4.48. The van der Waals surface area contributed by atoms with Crippen LogP contribution >= 0.6 is 0 Å². The molecule has 2 aliphatic heterocycles. The SMILES string of the molecule is O=C(c1cnn2c(-c3ccc4c(c3)OCO4)ccnc12)N1CCN(c2ccccn2)CC1. The largest absolute Gasteiger partial charge is 0.454 e. The van der Waals surface area contributed by atoms with E-state index in [2.05, 4.69) is 20.0 Å². The van der Waals surface area contributed by atoms with Gasteiger partial charge in [-0.15, -0.1) is 0 Å². The molecule has 9 heteroatoms. The number of pyridine rings is 1. The van der Waals surface area contributed by atoms with Gasteiger partial charge in [-0.3, -0.25) is 4.79 Å². The Balaban J connectivity index is 1.26. The number of ether oxygens (including phenoxy) is 2. The number of fused-ring (bicyclic) bond motifs is 2. The maximum absolute atomic E-state index is 13.3. The number of rotatable bonds is 3. The molecule has 0 aliphatic carbocycles. The van der Waals surface area contributed by atoms with Crippen LogP contribution in [0.2, 0.25) is 0 Å². The first-order valence-electron chi connectivity index (χ1n) is 10.5. The van der Waals surface area contributed by atoms with Gasteiger partial charge in [0.05, 0.1) is 11.9 Å². The van der Waals surface area contributed by atoms with Crippen molar-refractivity contribution in [3.05, 3.63) is 66.6 Å². The molecule has 6 rings (SSSR count). The molecule has 1 fully saturated rings. The third-order valence-electron chi connectivity index (χ3n) is 5.84. The minimum atomic E-state index is -0.0593. The van der Waals surface area contributed by atoms with Crippen LogP contribution in [0.1, 0.15) is 10.4 Å². The van der Waals surface area contributed by atoms with Crippen LogP contribution in [-0.4, -0.2) is 63.4 Å². The van der Waals surface area contributed by atoms with Crippen LogP contribution in [0.3, 0.4) is 0 Å². The lowest BCUT2D eigenvalue weighted by Crippen LogP contribution is -2.49. The van der Waals surface area contributed by atoms with Crippen LogP contribution in [0.5, 0.6) is 11.5 Å². The number of hydrogen-bond donors (Lipinski definition) is 0. The summed E-state index contributed by atoms with van der Waals surface area (Å²) in [5.74, 6) is 2.29. The van der Waals surface area contributed by atoms with Crippen molar-refractivity contribution in [1.29, 1.82) is 0 Å². The number of carbonyl (C=O) groups is 1. The molecule has 4 aromatic rings. The molecular formula is C23H20N6O3. The molecule has 0 radical (unpaired) electrons. The Morgan fingerprint density at radius 3 is 2.62 bits per heavy atom. The highest BCUT2D eigenvalue weighted by Gasteiger charge is 2.26. The lowest BCUT2D eigenvalue weighted by molar-refractivity contribution is 0.0748. The summed E-state index contributed by atoms with van der Waals surface area (Å²) < 4.78 is 12.6. The maximum Gasteiger partial charge on any atom is 0.259 e. The predicted octanol–water partition coefficient (Wildman–Crippen LogP) is 2.48. The van der Waals surface area contributed by atoms with Gasteiger partial charge in [-0.1, -0.05) is 6.07 Å². The van der Waals surface area contributed by atoms with Gasteiger partial charge in [-0.2, -0.15) is 5.10 Å². The van der Waals surface area contributed by atoms with Gasteiger partial charge in [0.1, 0.15) is 11.4 Å². The molecule has 0 saturated carbocycles. The molecule has 0 spiro atoms. The monoisotopic (exact) mass is 428 g/mol. The van der Waals surface area contributed by atoms with Crippen LogP contribution in [0.25, 0.3) is 16.9 Å². The minimum Gasteiger partial charge on any atom is -0.454 e. The van der Waals surface area contributed by atoms with E-state index < -0.39 is 0 Å². The molecule has 2 aliphatic rings. The molecule has 3 aromatic heterocycles. The van der Waals surface area contributed by atoms with Crippen molar-refractivity contribution < 1.29 is 14.3 Å². The minimum absolute atomic E-state index is 0.0593. The summed E-state index contributed by atoms with van der Waals surface area (Å²) in [7, 11) is 0. The van der Waals surface area contributed by atoms with E-state index >= 15 is 0 Å². The van der Waals surface area contributed by atoms with Crippen molar-refractivity contribution >= 4 is 17.4 Å². The Bertz CT molecular complexity index is 1300. The van der Waals surface area contributed by atoms with Gasteiger partial charge < -0.3 is 19.3 Å². The number of carbonyl (C=O) groups excluding carboxylic acids is 1. The van der Waals surface area contributed by atoms with Gasteiger partial charge >= 0.3 is 0 Å². The van der Waals surface area contributed by atoms with E-state index in [0.717, 1.165) is 35.9 Å². The molecule has 160 valence electrons. The first kappa shape index (κ1) is 18.6. The lowest BCUT2D eigenvalue weighted by Gasteiger charge is -2.35. The number of nitrogens with zero attached hydrogens (tertiary/aromatic N) is 6. The second-order valence-electron chi connectivity index (χ2n) is 7.66. The second kappa shape index (κ2) is 7.52. The first-order valence-corrected chi connectivity index (χ1v) is 10.5. The molecule has 32 heavy (non-hydrogen) atoms. The molecule has 1 aromatic carbocycles. The molecule has 0 unspecified atom stereocenters. The Labute approximate surface area is 183 Å². The smallest absolute Gasteiger partial charge is 0.259 e. The molecule has 9 nitrogen and oxygen atoms in total. The third-order valence-corrected chi connectivity index (χ3v) is 5.84. The van der Waals surface area contributed by atoms with Crippen LogP contribution in [0.4, 0.5) is 5.82 Å². The number of amides is 1. The normalized spacial score (nSPS) is 15.4. The fraction of sp³-hybridized carbons (Fsp3) is 0.217. The van der Waals surface area contributed by atoms with E-state index in [1.807, 2.05) is 47.4 Å². The van der Waals surface area contributed by atoms with Gasteiger partial charge in [0.25, 0.3) is 5.91 Å². The third kappa shape index (κ3) is 3.09. The summed E-state index contributed by atoms with van der Waals surface area (Å²) in [4.78, 5) is 26.2. The summed E-state index contributed by atoms with van der Waals surface area (Å²) in [5.41, 5.74) is 2.77. The Kier molecular flexibility index (Phi) is 4.38. The molecule has 0 bridgehead atoms. The van der Waals surface area contributed by atoms with Crippen LogP contribution in [0, 0.1) is 0 Å². The number of piperazine rings is 1. The highest BCUT2D eigenvalue weighted by Crippen LogP contribution is 2.36. The van der Waals surface area contributed by atoms with E-state index in [4.69, 9.17) is 9.47 Å². The first-order chi connectivity index (χ1) is 15.8. The zero-order valence-corrected chi connectivity index (χ0v) is 17.2. The quantitative estimate of drug-likeness (QED) is 0.496. The average molecular weight is 428 g/mol. The predicted molar refractivity (Wildman–Crippen MR) is 117 cm³/mol. The van der Waals surface area contributed by atoms with E-state index in [-0.39, 0.29) is 12.7 Å². The summed E-state index contributed by atoms with van der Waals surface area (Å²) in [6.45, 7) is 2.93. The fourth-order valence-corrected chi connectivity index (χ4v) is 4.17. The van der Waals surface area contributed by atoms with Crippen molar-refractivity contribution in [3.63, 3.8) is 0 Å². The van der Waals surface area contributed by atoms with Gasteiger partial charge in [0.2, 0.25) is 6.79 Å². The standard InChI is InChI=1S/C23H20N6O3/c30-23(28-11-9-27(10-12-28)21-3-1-2-7-24-21)17-14-26-29-18(6-8-25-22(17)29)16-4-5-19-20(13-16)32-15-31-19/h1-8,13-14H,9-12,15H2. The number of benzene rings is 1. The van der Waals surface area contributed by atoms with Crippen LogP contribution < -0.4 is 14.4 Å². The van der Waals surface area contributed by atoms with Gasteiger partial charge in [0, 0.05) is 44.1 Å². The summed E-state index contributed by atoms with van der Waals surface area (Å²) in [6.07, 6.45) is 5.09. The van der Waals surface area contributed by atoms with E-state index in [1.165, 1.54) is 0 Å². The van der Waals surface area contributed by atoms with Crippen molar-refractivity contribution in [2.24, 2.45) is 0 Å². The lowest BCUT2D eigenvalue weighted by atomic mass is 10.1. The van der Waals surface area contributed by atoms with Crippen LogP contribution in [-0.2, 0) is 0 Å². The Morgan fingerprint density at radius 1 is 0.906 bits per heavy atom. The Hall–Kier alpha value is -4.14. The Morgan fingerprint density at radius 2 is 1.78 bits per heavy atom. The van der Waals surface area contributed by atoms with Gasteiger partial charge in [-0.05, 0) is 36.4 Å². The zero-order chi connectivity index (χ0) is 21.5. The molecular weight excluding hydrogens is 408 g/mol. The van der Waals surface area contributed by atoms with Crippen molar-refractivity contribution in [1.82, 2.24) is 24.5 Å². The zero-order valence-electron chi connectivity index (χ0n) is 17.2. The van der Waals surface area contributed by atoms with Crippen LogP contribution in [0.15, 0.2) is 61.1 Å². The number of hydrogen-bond acceptors (Lipinski definition) is 7. The summed E-state index contributed by atoms with van der Waals surface area (Å²) in [6, 6.07) is 13.5. The molecule has 0 atom stereocenters. The summed E-state index contributed by atoms with van der Waals surface area (Å²) >= 11 is 0. The highest BCUT2D eigenvalue weighted by atomic mass is 16.7. The molecule has 1 amide bonds. The van der Waals surface area contributed by atoms with Crippen molar-refractivity contribution in [2.75, 3.05) is 37.9 Å². The van der Waals surface area contributed by atoms with E-state index in [0.29, 0.717) is 30.0 Å². The second-order valence-corrected chi connectivity index (χ2v) is 7.66. The highest BCUT2D eigenvalue weighted by molar-refractivity contribution is 6.00. The van der Waals surface area contributed by atoms with Crippen molar-refractivity contribution in [3.8, 4) is 22.8 Å². The number of anilines is 1. The maximum atomic E-state index is 13.3. The average Bonchev–Trinajstić information content (AvgIpc) is 3.51. The molecule has 5 heterocycles. The molecule has 0 N–H and O–H groups in total. The van der Waals surface area contributed by atoms with Crippen molar-refractivity contribution in [2.45, 2.75) is 0 Å².